The molecule has 0 atom stereocenters. The van der Waals surface area contributed by atoms with Crippen molar-refractivity contribution in [2.45, 2.75) is 31.7 Å². The number of carbonyl (C=O) groups excluding carboxylic acids is 1. The van der Waals surface area contributed by atoms with Crippen LogP contribution in [0.15, 0.2) is 42.5 Å². The summed E-state index contributed by atoms with van der Waals surface area (Å²) in [6, 6.07) is 11.9. The lowest BCUT2D eigenvalue weighted by atomic mass is 9.89. The van der Waals surface area contributed by atoms with Crippen LogP contribution >= 0.6 is 0 Å². The Bertz CT molecular complexity index is 988. The minimum atomic E-state index is -3.58. The normalized spacial score (nSPS) is 15.1. The van der Waals surface area contributed by atoms with Crippen LogP contribution in [0.1, 0.15) is 45.8 Å². The predicted octanol–water partition coefficient (Wildman–Crippen LogP) is 2.74. The first-order valence-electron chi connectivity index (χ1n) is 10.0. The second-order valence-corrected chi connectivity index (χ2v) is 9.38. The van der Waals surface area contributed by atoms with E-state index in [9.17, 15) is 17.6 Å². The van der Waals surface area contributed by atoms with Gasteiger partial charge in [-0.1, -0.05) is 30.3 Å². The number of hydrogen-bond acceptors (Lipinski definition) is 5. The zero-order chi connectivity index (χ0) is 21.6. The zero-order valence-electron chi connectivity index (χ0n) is 17.0. The molecule has 0 amide bonds. The average Bonchev–Trinajstić information content (AvgIpc) is 2.77. The van der Waals surface area contributed by atoms with Gasteiger partial charge in [-0.15, -0.1) is 0 Å². The van der Waals surface area contributed by atoms with Crippen LogP contribution in [0.25, 0.3) is 0 Å². The van der Waals surface area contributed by atoms with Crippen molar-refractivity contribution >= 4 is 16.0 Å². The molecule has 0 radical (unpaired) electrons. The maximum atomic E-state index is 14.1. The van der Waals surface area contributed by atoms with E-state index >= 15 is 0 Å². The van der Waals surface area contributed by atoms with Gasteiger partial charge in [0.2, 0.25) is 10.0 Å². The lowest BCUT2D eigenvalue weighted by molar-refractivity contribution is 0.0600. The van der Waals surface area contributed by atoms with E-state index in [1.54, 1.807) is 0 Å². The lowest BCUT2D eigenvalue weighted by Gasteiger charge is -2.23. The summed E-state index contributed by atoms with van der Waals surface area (Å²) in [4.78, 5) is 11.4. The number of rotatable bonds is 8. The molecule has 1 aliphatic rings. The van der Waals surface area contributed by atoms with E-state index in [1.165, 1.54) is 24.8 Å². The van der Waals surface area contributed by atoms with Crippen LogP contribution in [0.4, 0.5) is 4.39 Å². The van der Waals surface area contributed by atoms with Crippen molar-refractivity contribution in [1.29, 1.82) is 0 Å². The zero-order valence-corrected chi connectivity index (χ0v) is 17.8. The molecule has 2 N–H and O–H groups in total. The summed E-state index contributed by atoms with van der Waals surface area (Å²) in [7, 11) is -2.37. The van der Waals surface area contributed by atoms with E-state index in [2.05, 4.69) is 26.9 Å². The Kier molecular flexibility index (Phi) is 7.58. The molecule has 2 aromatic rings. The van der Waals surface area contributed by atoms with E-state index in [-0.39, 0.29) is 23.4 Å². The molecule has 1 aliphatic heterocycles. The largest absolute Gasteiger partial charge is 0.465 e. The number of carbonyl (C=O) groups is 1. The molecule has 1 saturated heterocycles. The molecule has 8 heteroatoms. The first kappa shape index (κ1) is 22.4. The van der Waals surface area contributed by atoms with Crippen molar-refractivity contribution in [3.8, 4) is 0 Å². The molecule has 6 nitrogen and oxygen atoms in total. The Morgan fingerprint density at radius 3 is 2.67 bits per heavy atom. The SMILES string of the molecule is COC(=O)c1ccc(CNS(=O)(=O)CCc2cccc(C3CCNCC3)c2)c(F)c1. The highest BCUT2D eigenvalue weighted by atomic mass is 32.2. The fourth-order valence-corrected chi connectivity index (χ4v) is 4.63. The van der Waals surface area contributed by atoms with Gasteiger partial charge in [-0.05, 0) is 61.5 Å². The summed E-state index contributed by atoms with van der Waals surface area (Å²) in [5.74, 6) is -0.871. The van der Waals surface area contributed by atoms with Crippen molar-refractivity contribution < 1.29 is 22.3 Å². The lowest BCUT2D eigenvalue weighted by Crippen LogP contribution is -2.27. The first-order valence-corrected chi connectivity index (χ1v) is 11.7. The summed E-state index contributed by atoms with van der Waals surface area (Å²) in [5, 5.41) is 3.35. The van der Waals surface area contributed by atoms with Crippen molar-refractivity contribution in [1.82, 2.24) is 10.0 Å². The standard InChI is InChI=1S/C22H27FN2O4S/c1-29-22(26)19-5-6-20(21(23)14-19)15-25-30(27,28)12-9-16-3-2-4-18(13-16)17-7-10-24-11-8-17/h2-6,13-14,17,24-25H,7-12,15H2,1H3. The third-order valence-corrected chi connectivity index (χ3v) is 6.70. The second-order valence-electron chi connectivity index (χ2n) is 7.46. The summed E-state index contributed by atoms with van der Waals surface area (Å²) < 4.78 is 45.9. The number of hydrogen-bond donors (Lipinski definition) is 2. The topological polar surface area (TPSA) is 84.5 Å². The van der Waals surface area contributed by atoms with Gasteiger partial charge in [-0.25, -0.2) is 22.3 Å². The van der Waals surface area contributed by atoms with E-state index in [0.717, 1.165) is 37.6 Å². The Labute approximate surface area is 176 Å². The van der Waals surface area contributed by atoms with Gasteiger partial charge in [0.15, 0.2) is 0 Å². The Morgan fingerprint density at radius 1 is 1.20 bits per heavy atom. The van der Waals surface area contributed by atoms with Crippen LogP contribution in [0.2, 0.25) is 0 Å². The summed E-state index contributed by atoms with van der Waals surface area (Å²) in [6.45, 7) is 1.83. The molecule has 1 heterocycles. The third-order valence-electron chi connectivity index (χ3n) is 5.38. The molecular formula is C22H27FN2O4S. The van der Waals surface area contributed by atoms with Crippen LogP contribution in [-0.4, -0.2) is 40.3 Å². The molecule has 0 unspecified atom stereocenters. The van der Waals surface area contributed by atoms with Crippen LogP contribution in [0.5, 0.6) is 0 Å². The molecule has 0 bridgehead atoms. The van der Waals surface area contributed by atoms with E-state index in [0.29, 0.717) is 12.3 Å². The first-order chi connectivity index (χ1) is 14.4. The number of sulfonamides is 1. The maximum Gasteiger partial charge on any atom is 0.337 e. The highest BCUT2D eigenvalue weighted by molar-refractivity contribution is 7.89. The minimum absolute atomic E-state index is 0.0788. The molecule has 162 valence electrons. The van der Waals surface area contributed by atoms with Gasteiger partial charge < -0.3 is 10.1 Å². The van der Waals surface area contributed by atoms with Gasteiger partial charge in [-0.3, -0.25) is 0 Å². The van der Waals surface area contributed by atoms with Gasteiger partial charge in [0, 0.05) is 12.1 Å². The molecule has 30 heavy (non-hydrogen) atoms. The summed E-state index contributed by atoms with van der Waals surface area (Å²) in [5.41, 5.74) is 2.48. The van der Waals surface area contributed by atoms with Crippen molar-refractivity contribution in [3.63, 3.8) is 0 Å². The van der Waals surface area contributed by atoms with Crippen molar-refractivity contribution in [2.24, 2.45) is 0 Å². The number of methoxy groups -OCH3 is 1. The molecular weight excluding hydrogens is 407 g/mol. The maximum absolute atomic E-state index is 14.1. The van der Waals surface area contributed by atoms with Crippen LogP contribution < -0.4 is 10.0 Å². The Morgan fingerprint density at radius 2 is 1.97 bits per heavy atom. The highest BCUT2D eigenvalue weighted by Gasteiger charge is 2.17. The number of esters is 1. The summed E-state index contributed by atoms with van der Waals surface area (Å²) >= 11 is 0. The molecule has 0 aliphatic carbocycles. The molecule has 1 fully saturated rings. The van der Waals surface area contributed by atoms with Crippen LogP contribution in [0, 0.1) is 5.82 Å². The van der Waals surface area contributed by atoms with E-state index in [4.69, 9.17) is 0 Å². The average molecular weight is 435 g/mol. The smallest absolute Gasteiger partial charge is 0.337 e. The second kappa shape index (κ2) is 10.1. The van der Waals surface area contributed by atoms with Gasteiger partial charge >= 0.3 is 5.97 Å². The summed E-state index contributed by atoms with van der Waals surface area (Å²) in [6.07, 6.45) is 2.56. The fourth-order valence-electron chi connectivity index (χ4n) is 3.61. The molecule has 2 aromatic carbocycles. The van der Waals surface area contributed by atoms with E-state index < -0.39 is 21.8 Å². The van der Waals surface area contributed by atoms with Crippen molar-refractivity contribution in [3.05, 3.63) is 70.5 Å². The van der Waals surface area contributed by atoms with Gasteiger partial charge in [0.1, 0.15) is 5.82 Å². The fraction of sp³-hybridized carbons (Fsp3) is 0.409. The van der Waals surface area contributed by atoms with Crippen LogP contribution in [-0.2, 0) is 27.7 Å². The molecule has 3 rings (SSSR count). The third kappa shape index (κ3) is 6.10. The number of ether oxygens (including phenoxy) is 1. The number of benzene rings is 2. The number of halogens is 1. The number of piperidine rings is 1. The predicted molar refractivity (Wildman–Crippen MR) is 113 cm³/mol. The quantitative estimate of drug-likeness (QED) is 0.624. The Balaban J connectivity index is 1.56. The van der Waals surface area contributed by atoms with Gasteiger partial charge in [0.05, 0.1) is 18.4 Å². The van der Waals surface area contributed by atoms with Crippen LogP contribution in [0.3, 0.4) is 0 Å². The van der Waals surface area contributed by atoms with E-state index in [1.807, 2.05) is 12.1 Å². The molecule has 0 saturated carbocycles. The van der Waals surface area contributed by atoms with Gasteiger partial charge in [0.25, 0.3) is 0 Å². The van der Waals surface area contributed by atoms with Crippen molar-refractivity contribution in [2.75, 3.05) is 26.0 Å². The number of nitrogens with one attached hydrogen (secondary N) is 2. The highest BCUT2D eigenvalue weighted by Crippen LogP contribution is 2.25. The molecule has 0 spiro atoms. The molecule has 0 aromatic heterocycles. The number of aryl methyl sites for hydroxylation is 1. The monoisotopic (exact) mass is 434 g/mol. The van der Waals surface area contributed by atoms with Gasteiger partial charge in [-0.2, -0.15) is 0 Å². The minimum Gasteiger partial charge on any atom is -0.465 e. The Hall–Kier alpha value is -2.29.